The summed E-state index contributed by atoms with van der Waals surface area (Å²) in [5.41, 5.74) is 5.64. The summed E-state index contributed by atoms with van der Waals surface area (Å²) in [6.45, 7) is 6.47. The number of aliphatic hydroxyl groups excluding tert-OH is 1. The Labute approximate surface area is 123 Å². The Morgan fingerprint density at radius 1 is 1.10 bits per heavy atom. The molecular weight excluding hydrogens is 278 g/mol. The molecule has 0 aromatic rings. The predicted molar refractivity (Wildman–Crippen MR) is 77.9 cm³/mol. The second-order valence-corrected chi connectivity index (χ2v) is 4.03. The second kappa shape index (κ2) is 9.51. The smallest absolute Gasteiger partial charge is 0.349 e. The lowest BCUT2D eigenvalue weighted by atomic mass is 10.2. The van der Waals surface area contributed by atoms with Crippen LogP contribution in [0.1, 0.15) is 34.1 Å². The van der Waals surface area contributed by atoms with Crippen LogP contribution in [-0.4, -0.2) is 41.6 Å². The van der Waals surface area contributed by atoms with Gasteiger partial charge in [0.2, 0.25) is 0 Å². The van der Waals surface area contributed by atoms with E-state index in [0.717, 1.165) is 0 Å². The molecule has 0 aliphatic rings. The third-order valence-corrected chi connectivity index (χ3v) is 2.06. The molecule has 0 saturated heterocycles. The fourth-order valence-corrected chi connectivity index (χ4v) is 1.30. The molecule has 0 unspecified atom stereocenters. The van der Waals surface area contributed by atoms with Crippen molar-refractivity contribution in [1.29, 1.82) is 0 Å². The van der Waals surface area contributed by atoms with Gasteiger partial charge in [0.1, 0.15) is 5.78 Å². The molecular formula is C13H21N3O5. The van der Waals surface area contributed by atoms with Gasteiger partial charge in [0.05, 0.1) is 13.2 Å². The van der Waals surface area contributed by atoms with Gasteiger partial charge in [-0.15, -0.1) is 5.10 Å². The molecule has 8 heteroatoms. The standard InChI is InChI=1S/C13H21N3O5/c1-5-20-12(18)10(13(19)21-6-2)11(14)16-15-8(3)7-9(4)17/h18H,5-7H2,1-4H3,(H2,14,16). The van der Waals surface area contributed by atoms with Crippen molar-refractivity contribution in [3.05, 3.63) is 11.5 Å². The molecule has 0 amide bonds. The normalized spacial score (nSPS) is 13.5. The van der Waals surface area contributed by atoms with E-state index in [1.807, 2.05) is 0 Å². The maximum Gasteiger partial charge on any atom is 0.349 e. The fourth-order valence-electron chi connectivity index (χ4n) is 1.30. The molecule has 0 bridgehead atoms. The van der Waals surface area contributed by atoms with Gasteiger partial charge in [-0.2, -0.15) is 5.10 Å². The number of esters is 1. The summed E-state index contributed by atoms with van der Waals surface area (Å²) in [4.78, 5) is 22.7. The molecule has 21 heavy (non-hydrogen) atoms. The molecule has 118 valence electrons. The Bertz CT molecular complexity index is 480. The summed E-state index contributed by atoms with van der Waals surface area (Å²) in [6.07, 6.45) is 0.118. The summed E-state index contributed by atoms with van der Waals surface area (Å²) < 4.78 is 9.60. The van der Waals surface area contributed by atoms with Crippen LogP contribution in [-0.2, 0) is 19.1 Å². The first-order chi connectivity index (χ1) is 9.83. The summed E-state index contributed by atoms with van der Waals surface area (Å²) in [5, 5.41) is 17.0. The number of rotatable bonds is 8. The first-order valence-corrected chi connectivity index (χ1v) is 6.42. The zero-order valence-corrected chi connectivity index (χ0v) is 12.7. The fraction of sp³-hybridized carbons (Fsp3) is 0.538. The average Bonchev–Trinajstić information content (AvgIpc) is 2.36. The number of hydrogen-bond acceptors (Lipinski definition) is 7. The predicted octanol–water partition coefficient (Wildman–Crippen LogP) is 1.07. The van der Waals surface area contributed by atoms with E-state index in [4.69, 9.17) is 15.2 Å². The van der Waals surface area contributed by atoms with Gasteiger partial charge in [-0.3, -0.25) is 4.79 Å². The van der Waals surface area contributed by atoms with E-state index >= 15 is 0 Å². The number of hydrogen-bond donors (Lipinski definition) is 2. The highest BCUT2D eigenvalue weighted by Crippen LogP contribution is 2.07. The van der Waals surface area contributed by atoms with Gasteiger partial charge >= 0.3 is 5.97 Å². The van der Waals surface area contributed by atoms with Crippen molar-refractivity contribution >= 4 is 23.3 Å². The molecule has 0 aromatic carbocycles. The maximum absolute atomic E-state index is 11.7. The number of nitrogens with two attached hydrogens (primary N) is 1. The molecule has 0 rings (SSSR count). The van der Waals surface area contributed by atoms with Crippen molar-refractivity contribution < 1.29 is 24.2 Å². The van der Waals surface area contributed by atoms with Crippen molar-refractivity contribution in [3.8, 4) is 0 Å². The number of carbonyl (C=O) groups excluding carboxylic acids is 2. The van der Waals surface area contributed by atoms with Gasteiger partial charge in [0.25, 0.3) is 5.95 Å². The average molecular weight is 299 g/mol. The lowest BCUT2D eigenvalue weighted by Gasteiger charge is -2.08. The molecule has 0 aliphatic heterocycles. The Balaban J connectivity index is 5.39. The van der Waals surface area contributed by atoms with Crippen LogP contribution in [0, 0.1) is 0 Å². The van der Waals surface area contributed by atoms with Crippen LogP contribution in [0.5, 0.6) is 0 Å². The van der Waals surface area contributed by atoms with Crippen LogP contribution in [0.15, 0.2) is 21.7 Å². The molecule has 0 heterocycles. The zero-order valence-electron chi connectivity index (χ0n) is 12.7. The Morgan fingerprint density at radius 2 is 1.67 bits per heavy atom. The Morgan fingerprint density at radius 3 is 2.14 bits per heavy atom. The number of ether oxygens (including phenoxy) is 2. The highest BCUT2D eigenvalue weighted by molar-refractivity contribution is 6.18. The largest absolute Gasteiger partial charge is 0.480 e. The van der Waals surface area contributed by atoms with E-state index in [1.165, 1.54) is 6.92 Å². The van der Waals surface area contributed by atoms with Crippen LogP contribution in [0.2, 0.25) is 0 Å². The molecule has 0 aliphatic carbocycles. The van der Waals surface area contributed by atoms with Crippen LogP contribution < -0.4 is 5.73 Å². The molecule has 0 saturated carbocycles. The summed E-state index contributed by atoms with van der Waals surface area (Å²) in [5.74, 6) is -1.99. The third kappa shape index (κ3) is 7.09. The highest BCUT2D eigenvalue weighted by Gasteiger charge is 2.22. The van der Waals surface area contributed by atoms with E-state index < -0.39 is 17.5 Å². The molecule has 0 radical (unpaired) electrons. The van der Waals surface area contributed by atoms with Crippen molar-refractivity contribution in [2.45, 2.75) is 34.1 Å². The van der Waals surface area contributed by atoms with Gasteiger partial charge in [-0.1, -0.05) is 0 Å². The van der Waals surface area contributed by atoms with Crippen molar-refractivity contribution in [1.82, 2.24) is 0 Å². The van der Waals surface area contributed by atoms with Gasteiger partial charge in [-0.05, 0) is 27.7 Å². The number of nitrogens with zero attached hydrogens (tertiary/aromatic N) is 2. The molecule has 3 N–H and O–H groups in total. The number of amidine groups is 1. The first-order valence-electron chi connectivity index (χ1n) is 6.42. The molecule has 8 nitrogen and oxygen atoms in total. The van der Waals surface area contributed by atoms with E-state index in [9.17, 15) is 14.7 Å². The Hall–Kier alpha value is -2.38. The van der Waals surface area contributed by atoms with E-state index in [1.54, 1.807) is 20.8 Å². The monoisotopic (exact) mass is 299 g/mol. The quantitative estimate of drug-likeness (QED) is 0.172. The lowest BCUT2D eigenvalue weighted by Crippen LogP contribution is -2.25. The van der Waals surface area contributed by atoms with Gasteiger partial charge in [-0.25, -0.2) is 4.79 Å². The minimum Gasteiger partial charge on any atom is -0.480 e. The SMILES string of the molecule is CCOC(=O)C(C(N)=NN=C(C)CC(C)=O)=C(O)OCC. The third-order valence-electron chi connectivity index (χ3n) is 2.06. The first kappa shape index (κ1) is 18.6. The molecule has 0 spiro atoms. The number of aliphatic hydroxyl groups is 1. The van der Waals surface area contributed by atoms with Gasteiger partial charge in [0.15, 0.2) is 11.4 Å². The minimum atomic E-state index is -0.871. The zero-order chi connectivity index (χ0) is 16.4. The van der Waals surface area contributed by atoms with Crippen LogP contribution >= 0.6 is 0 Å². The van der Waals surface area contributed by atoms with Crippen LogP contribution in [0.3, 0.4) is 0 Å². The summed E-state index contributed by atoms with van der Waals surface area (Å²) >= 11 is 0. The number of Topliss-reactive ketones (excluding diaryl/α,β-unsaturated/α-hetero) is 1. The van der Waals surface area contributed by atoms with E-state index in [2.05, 4.69) is 10.2 Å². The number of carbonyl (C=O) groups is 2. The Kier molecular flexibility index (Phi) is 8.43. The van der Waals surface area contributed by atoms with Crippen LogP contribution in [0.4, 0.5) is 0 Å². The van der Waals surface area contributed by atoms with E-state index in [-0.39, 0.29) is 31.3 Å². The topological polar surface area (TPSA) is 124 Å². The van der Waals surface area contributed by atoms with Crippen molar-refractivity contribution in [2.24, 2.45) is 15.9 Å². The summed E-state index contributed by atoms with van der Waals surface area (Å²) in [6, 6.07) is 0. The molecule has 0 fully saturated rings. The minimum absolute atomic E-state index is 0.0802. The van der Waals surface area contributed by atoms with Crippen LogP contribution in [0.25, 0.3) is 0 Å². The van der Waals surface area contributed by atoms with Gasteiger partial charge < -0.3 is 20.3 Å². The maximum atomic E-state index is 11.7. The van der Waals surface area contributed by atoms with Crippen molar-refractivity contribution in [3.63, 3.8) is 0 Å². The molecule has 0 aromatic heterocycles. The van der Waals surface area contributed by atoms with E-state index in [0.29, 0.717) is 5.71 Å². The second-order valence-electron chi connectivity index (χ2n) is 4.03. The van der Waals surface area contributed by atoms with Gasteiger partial charge in [0, 0.05) is 12.1 Å². The molecule has 0 atom stereocenters. The summed E-state index contributed by atoms with van der Waals surface area (Å²) in [7, 11) is 0. The lowest BCUT2D eigenvalue weighted by molar-refractivity contribution is -0.138. The number of ketones is 1. The van der Waals surface area contributed by atoms with Crippen molar-refractivity contribution in [2.75, 3.05) is 13.2 Å². The highest BCUT2D eigenvalue weighted by atomic mass is 16.6.